The van der Waals surface area contributed by atoms with E-state index in [4.69, 9.17) is 10.5 Å². The number of carbonyl (C=O) groups is 1. The lowest BCUT2D eigenvalue weighted by Gasteiger charge is -2.17. The third-order valence-corrected chi connectivity index (χ3v) is 3.23. The number of rotatable bonds is 6. The number of thioether (sulfide) groups is 1. The Balaban J connectivity index is 2.52. The van der Waals surface area contributed by atoms with Crippen LogP contribution in [0.15, 0.2) is 29.2 Å². The van der Waals surface area contributed by atoms with Gasteiger partial charge in [-0.3, -0.25) is 4.79 Å². The molecule has 1 aromatic rings. The Morgan fingerprint density at radius 1 is 1.39 bits per heavy atom. The van der Waals surface area contributed by atoms with Gasteiger partial charge in [-0.05, 0) is 44.4 Å². The summed E-state index contributed by atoms with van der Waals surface area (Å²) in [5.74, 6) is 0.540. The van der Waals surface area contributed by atoms with Crippen molar-refractivity contribution in [3.05, 3.63) is 24.3 Å². The Morgan fingerprint density at radius 3 is 2.50 bits per heavy atom. The van der Waals surface area contributed by atoms with Gasteiger partial charge in [-0.1, -0.05) is 0 Å². The Labute approximate surface area is 112 Å². The molecule has 0 aliphatic carbocycles. The number of nitrogens with two attached hydrogens (primary N) is 1. The minimum atomic E-state index is -0.529. The molecule has 0 saturated carbocycles. The number of hydrogen-bond acceptors (Lipinski definition) is 4. The molecule has 0 aliphatic rings. The van der Waals surface area contributed by atoms with Crippen LogP contribution < -0.4 is 15.8 Å². The van der Waals surface area contributed by atoms with E-state index in [1.165, 1.54) is 0 Å². The quantitative estimate of drug-likeness (QED) is 0.770. The molecule has 0 heterocycles. The molecule has 3 N–H and O–H groups in total. The van der Waals surface area contributed by atoms with E-state index in [0.717, 1.165) is 4.90 Å². The summed E-state index contributed by atoms with van der Waals surface area (Å²) in [6.07, 6.45) is 1.49. The third kappa shape index (κ3) is 4.58. The fourth-order valence-corrected chi connectivity index (χ4v) is 1.74. The molecule has 0 fully saturated rings. The first-order valence-electron chi connectivity index (χ1n) is 5.88. The number of benzene rings is 1. The average Bonchev–Trinajstić information content (AvgIpc) is 2.39. The Kier molecular flexibility index (Phi) is 6.01. The molecule has 1 rings (SSSR count). The highest BCUT2D eigenvalue weighted by Gasteiger charge is 2.16. The fraction of sp³-hybridized carbons (Fsp3) is 0.462. The van der Waals surface area contributed by atoms with Gasteiger partial charge in [0.25, 0.3) is 5.91 Å². The van der Waals surface area contributed by atoms with Crippen molar-refractivity contribution < 1.29 is 9.53 Å². The van der Waals surface area contributed by atoms with Gasteiger partial charge in [0.1, 0.15) is 5.75 Å². The normalized spacial score (nSPS) is 13.8. The molecule has 1 unspecified atom stereocenters. The van der Waals surface area contributed by atoms with Crippen LogP contribution in [0.1, 0.15) is 13.8 Å². The van der Waals surface area contributed by atoms with E-state index >= 15 is 0 Å². The van der Waals surface area contributed by atoms with Gasteiger partial charge in [-0.25, -0.2) is 0 Å². The van der Waals surface area contributed by atoms with Gasteiger partial charge in [0.05, 0.1) is 0 Å². The van der Waals surface area contributed by atoms with E-state index in [2.05, 4.69) is 5.32 Å². The molecular formula is C13H20N2O2S. The Hall–Kier alpha value is -1.20. The molecule has 100 valence electrons. The zero-order valence-corrected chi connectivity index (χ0v) is 11.8. The lowest BCUT2D eigenvalue weighted by Crippen LogP contribution is -2.44. The van der Waals surface area contributed by atoms with E-state index in [-0.39, 0.29) is 11.9 Å². The highest BCUT2D eigenvalue weighted by molar-refractivity contribution is 7.98. The van der Waals surface area contributed by atoms with Gasteiger partial charge >= 0.3 is 0 Å². The van der Waals surface area contributed by atoms with Crippen LogP contribution in [0.25, 0.3) is 0 Å². The third-order valence-electron chi connectivity index (χ3n) is 2.48. The van der Waals surface area contributed by atoms with Gasteiger partial charge in [0.15, 0.2) is 6.10 Å². The summed E-state index contributed by atoms with van der Waals surface area (Å²) < 4.78 is 5.56. The summed E-state index contributed by atoms with van der Waals surface area (Å²) in [4.78, 5) is 12.9. The topological polar surface area (TPSA) is 64.3 Å². The molecule has 1 aromatic carbocycles. The number of ether oxygens (including phenoxy) is 1. The lowest BCUT2D eigenvalue weighted by molar-refractivity contribution is -0.127. The number of hydrogen-bond donors (Lipinski definition) is 2. The van der Waals surface area contributed by atoms with Crippen molar-refractivity contribution in [3.63, 3.8) is 0 Å². The molecular weight excluding hydrogens is 248 g/mol. The van der Waals surface area contributed by atoms with Crippen LogP contribution in [0.2, 0.25) is 0 Å². The first-order valence-corrected chi connectivity index (χ1v) is 7.10. The second kappa shape index (κ2) is 7.28. The van der Waals surface area contributed by atoms with Crippen LogP contribution in [0.5, 0.6) is 5.75 Å². The van der Waals surface area contributed by atoms with E-state index in [9.17, 15) is 4.79 Å². The summed E-state index contributed by atoms with van der Waals surface area (Å²) in [6.45, 7) is 4.00. The first kappa shape index (κ1) is 14.9. The van der Waals surface area contributed by atoms with Gasteiger partial charge in [0, 0.05) is 17.5 Å². The maximum atomic E-state index is 11.7. The van der Waals surface area contributed by atoms with Gasteiger partial charge in [-0.2, -0.15) is 0 Å². The Morgan fingerprint density at radius 2 is 2.00 bits per heavy atom. The second-order valence-corrected chi connectivity index (χ2v) is 4.96. The zero-order chi connectivity index (χ0) is 13.5. The van der Waals surface area contributed by atoms with Crippen molar-refractivity contribution in [2.75, 3.05) is 12.8 Å². The van der Waals surface area contributed by atoms with E-state index in [0.29, 0.717) is 12.3 Å². The minimum absolute atomic E-state index is 0.0394. The highest BCUT2D eigenvalue weighted by Crippen LogP contribution is 2.19. The number of carbonyl (C=O) groups excluding carboxylic acids is 1. The van der Waals surface area contributed by atoms with E-state index in [1.807, 2.05) is 37.4 Å². The summed E-state index contributed by atoms with van der Waals surface area (Å²) in [5, 5.41) is 2.78. The van der Waals surface area contributed by atoms with Crippen molar-refractivity contribution >= 4 is 17.7 Å². The maximum Gasteiger partial charge on any atom is 0.261 e. The number of nitrogens with one attached hydrogen (secondary N) is 1. The van der Waals surface area contributed by atoms with Crippen LogP contribution in [-0.4, -0.2) is 30.9 Å². The van der Waals surface area contributed by atoms with Gasteiger partial charge in [-0.15, -0.1) is 11.8 Å². The average molecular weight is 268 g/mol. The van der Waals surface area contributed by atoms with Gasteiger partial charge in [0.2, 0.25) is 0 Å². The molecule has 0 bridgehead atoms. The summed E-state index contributed by atoms with van der Waals surface area (Å²) in [7, 11) is 0. The first-order chi connectivity index (χ1) is 8.56. The summed E-state index contributed by atoms with van der Waals surface area (Å²) in [5.41, 5.74) is 5.45. The monoisotopic (exact) mass is 268 g/mol. The molecule has 0 radical (unpaired) electrons. The SMILES string of the molecule is CSc1ccc(OC(C)C(=O)N[C@@H](C)CN)cc1. The standard InChI is InChI=1S/C13H20N2O2S/c1-9(8-14)15-13(16)10(2)17-11-4-6-12(18-3)7-5-11/h4-7,9-10H,8,14H2,1-3H3,(H,15,16)/t9-,10?/m0/s1. The molecule has 4 nitrogen and oxygen atoms in total. The van der Waals surface area contributed by atoms with Crippen LogP contribution in [0.4, 0.5) is 0 Å². The smallest absolute Gasteiger partial charge is 0.261 e. The predicted octanol–water partition coefficient (Wildman–Crippen LogP) is 1.64. The van der Waals surface area contributed by atoms with Gasteiger partial charge < -0.3 is 15.8 Å². The molecule has 1 amide bonds. The molecule has 18 heavy (non-hydrogen) atoms. The van der Waals surface area contributed by atoms with Crippen molar-refractivity contribution in [1.82, 2.24) is 5.32 Å². The zero-order valence-electron chi connectivity index (χ0n) is 11.0. The summed E-state index contributed by atoms with van der Waals surface area (Å²) in [6, 6.07) is 7.62. The van der Waals surface area contributed by atoms with Crippen LogP contribution in [-0.2, 0) is 4.79 Å². The van der Waals surface area contributed by atoms with E-state index in [1.54, 1.807) is 18.7 Å². The molecule has 0 saturated heterocycles. The van der Waals surface area contributed by atoms with Crippen molar-refractivity contribution in [2.24, 2.45) is 5.73 Å². The van der Waals surface area contributed by atoms with E-state index < -0.39 is 6.10 Å². The molecule has 0 spiro atoms. The van der Waals surface area contributed by atoms with Crippen molar-refractivity contribution in [1.29, 1.82) is 0 Å². The number of amides is 1. The maximum absolute atomic E-state index is 11.7. The van der Waals surface area contributed by atoms with Crippen LogP contribution in [0.3, 0.4) is 0 Å². The molecule has 0 aromatic heterocycles. The van der Waals surface area contributed by atoms with Crippen molar-refractivity contribution in [2.45, 2.75) is 30.9 Å². The largest absolute Gasteiger partial charge is 0.481 e. The predicted molar refractivity (Wildman–Crippen MR) is 75.0 cm³/mol. The van der Waals surface area contributed by atoms with Crippen molar-refractivity contribution in [3.8, 4) is 5.75 Å². The summed E-state index contributed by atoms with van der Waals surface area (Å²) >= 11 is 1.67. The highest BCUT2D eigenvalue weighted by atomic mass is 32.2. The molecule has 0 aliphatic heterocycles. The minimum Gasteiger partial charge on any atom is -0.481 e. The Bertz CT molecular complexity index is 381. The fourth-order valence-electron chi connectivity index (χ4n) is 1.33. The second-order valence-electron chi connectivity index (χ2n) is 4.08. The lowest BCUT2D eigenvalue weighted by atomic mass is 10.3. The molecule has 5 heteroatoms. The van der Waals surface area contributed by atoms with Crippen LogP contribution >= 0.6 is 11.8 Å². The molecule has 2 atom stereocenters. The van der Waals surface area contributed by atoms with Crippen LogP contribution in [0, 0.1) is 0 Å².